The fraction of sp³-hybridized carbons (Fsp3) is 0.435. The Balaban J connectivity index is 1.56. The van der Waals surface area contributed by atoms with E-state index in [0.29, 0.717) is 74.0 Å². The molecule has 5 nitrogen and oxygen atoms in total. The second-order valence-corrected chi connectivity index (χ2v) is 8.01. The Kier molecular flexibility index (Phi) is 6.90. The third-order valence-corrected chi connectivity index (χ3v) is 5.74. The topological polar surface area (TPSA) is 54.0 Å². The number of Topliss-reactive ketones (excluding diaryl/α,β-unsaturated/α-hetero) is 1. The Hall–Kier alpha value is -2.11. The summed E-state index contributed by atoms with van der Waals surface area (Å²) in [6, 6.07) is 11.3. The van der Waals surface area contributed by atoms with Crippen molar-refractivity contribution in [3.8, 4) is 23.0 Å². The van der Waals surface area contributed by atoms with E-state index >= 15 is 0 Å². The zero-order valence-electron chi connectivity index (χ0n) is 16.6. The van der Waals surface area contributed by atoms with E-state index < -0.39 is 0 Å². The van der Waals surface area contributed by atoms with Gasteiger partial charge in [0.25, 0.3) is 0 Å². The van der Waals surface area contributed by atoms with E-state index in [2.05, 4.69) is 0 Å². The van der Waals surface area contributed by atoms with Crippen molar-refractivity contribution < 1.29 is 23.7 Å². The number of fused-ring (bicyclic) bond motifs is 2. The number of hydrogen-bond acceptors (Lipinski definition) is 5. The molecule has 0 aromatic heterocycles. The summed E-state index contributed by atoms with van der Waals surface area (Å²) in [4.78, 5) is 13.6. The van der Waals surface area contributed by atoms with E-state index in [4.69, 9.17) is 42.1 Å². The first-order chi connectivity index (χ1) is 14.7. The standard InChI is InChI=1S/C23H24Cl2O5/c24-7-11-27-15-1-3-17-19(5-9-29-21(17)13-15)23(26)20-6-10-30-22-14-16(28-12-8-25)2-4-18(20)22/h1-4,13-14,19-20H,5-12H2. The highest BCUT2D eigenvalue weighted by molar-refractivity contribution is 6.18. The number of alkyl halides is 2. The zero-order chi connectivity index (χ0) is 20.9. The van der Waals surface area contributed by atoms with Crippen molar-refractivity contribution in [3.05, 3.63) is 47.5 Å². The van der Waals surface area contributed by atoms with E-state index in [1.54, 1.807) is 0 Å². The van der Waals surface area contributed by atoms with Crippen LogP contribution >= 0.6 is 23.2 Å². The lowest BCUT2D eigenvalue weighted by Crippen LogP contribution is -2.29. The molecule has 2 aliphatic heterocycles. The predicted octanol–water partition coefficient (Wildman–Crippen LogP) is 4.92. The number of carbonyl (C=O) groups excluding carboxylic acids is 1. The molecule has 2 aromatic carbocycles. The summed E-state index contributed by atoms with van der Waals surface area (Å²) in [6.45, 7) is 1.86. The minimum atomic E-state index is -0.209. The maximum absolute atomic E-state index is 13.6. The van der Waals surface area contributed by atoms with Crippen LogP contribution in [0.3, 0.4) is 0 Å². The average Bonchev–Trinajstić information content (AvgIpc) is 2.79. The summed E-state index contributed by atoms with van der Waals surface area (Å²) in [5.41, 5.74) is 1.83. The molecule has 160 valence electrons. The van der Waals surface area contributed by atoms with Crippen LogP contribution in [-0.2, 0) is 4.79 Å². The molecule has 0 amide bonds. The summed E-state index contributed by atoms with van der Waals surface area (Å²) in [5.74, 6) is 3.44. The molecule has 2 atom stereocenters. The van der Waals surface area contributed by atoms with Gasteiger partial charge in [-0.05, 0) is 25.0 Å². The van der Waals surface area contributed by atoms with Gasteiger partial charge < -0.3 is 18.9 Å². The molecule has 0 fully saturated rings. The second-order valence-electron chi connectivity index (χ2n) is 7.26. The minimum Gasteiger partial charge on any atom is -0.493 e. The lowest BCUT2D eigenvalue weighted by atomic mass is 9.78. The molecule has 2 unspecified atom stereocenters. The van der Waals surface area contributed by atoms with Gasteiger partial charge in [0.05, 0.1) is 36.8 Å². The first-order valence-corrected chi connectivity index (χ1v) is 11.2. The molecule has 0 radical (unpaired) electrons. The van der Waals surface area contributed by atoms with Crippen LogP contribution in [0.2, 0.25) is 0 Å². The van der Waals surface area contributed by atoms with Crippen molar-refractivity contribution in [1.29, 1.82) is 0 Å². The predicted molar refractivity (Wildman–Crippen MR) is 116 cm³/mol. The van der Waals surface area contributed by atoms with Gasteiger partial charge in [-0.1, -0.05) is 12.1 Å². The van der Waals surface area contributed by atoms with E-state index in [0.717, 1.165) is 11.1 Å². The first-order valence-electron chi connectivity index (χ1n) is 10.2. The fourth-order valence-electron chi connectivity index (χ4n) is 4.07. The van der Waals surface area contributed by atoms with Crippen LogP contribution in [0.1, 0.15) is 35.8 Å². The highest BCUT2D eigenvalue weighted by Gasteiger charge is 2.36. The van der Waals surface area contributed by atoms with Crippen LogP contribution in [0, 0.1) is 0 Å². The molecule has 30 heavy (non-hydrogen) atoms. The number of hydrogen-bond donors (Lipinski definition) is 0. The van der Waals surface area contributed by atoms with Crippen LogP contribution in [-0.4, -0.2) is 44.0 Å². The molecular weight excluding hydrogens is 427 g/mol. The Morgan fingerprint density at radius 2 is 1.30 bits per heavy atom. The molecule has 2 aliphatic rings. The van der Waals surface area contributed by atoms with E-state index in [1.165, 1.54) is 0 Å². The molecule has 2 aromatic rings. The smallest absolute Gasteiger partial charge is 0.148 e. The van der Waals surface area contributed by atoms with Crippen molar-refractivity contribution in [2.24, 2.45) is 0 Å². The van der Waals surface area contributed by atoms with Crippen LogP contribution in [0.4, 0.5) is 0 Å². The Labute approximate surface area is 186 Å². The third kappa shape index (κ3) is 4.47. The largest absolute Gasteiger partial charge is 0.493 e. The highest BCUT2D eigenvalue weighted by Crippen LogP contribution is 2.43. The van der Waals surface area contributed by atoms with Crippen molar-refractivity contribution >= 4 is 29.0 Å². The van der Waals surface area contributed by atoms with Crippen LogP contribution in [0.25, 0.3) is 0 Å². The van der Waals surface area contributed by atoms with Gasteiger partial charge in [-0.3, -0.25) is 4.79 Å². The van der Waals surface area contributed by atoms with E-state index in [-0.39, 0.29) is 17.6 Å². The molecule has 0 spiro atoms. The van der Waals surface area contributed by atoms with Crippen LogP contribution in [0.5, 0.6) is 23.0 Å². The van der Waals surface area contributed by atoms with Gasteiger partial charge in [0, 0.05) is 23.3 Å². The van der Waals surface area contributed by atoms with Crippen LogP contribution < -0.4 is 18.9 Å². The third-order valence-electron chi connectivity index (χ3n) is 5.43. The molecule has 0 saturated carbocycles. The first kappa shape index (κ1) is 21.1. The zero-order valence-corrected chi connectivity index (χ0v) is 18.1. The SMILES string of the molecule is O=C(C1CCOc2cc(OCCCl)ccc21)C1CCOc2cc(OCCCl)ccc21. The van der Waals surface area contributed by atoms with E-state index in [1.807, 2.05) is 36.4 Å². The molecule has 7 heteroatoms. The Bertz CT molecular complexity index is 830. The maximum atomic E-state index is 13.6. The lowest BCUT2D eigenvalue weighted by molar-refractivity contribution is -0.123. The van der Waals surface area contributed by atoms with Crippen molar-refractivity contribution in [2.75, 3.05) is 38.2 Å². The van der Waals surface area contributed by atoms with Gasteiger partial charge in [0.15, 0.2) is 0 Å². The monoisotopic (exact) mass is 450 g/mol. The van der Waals surface area contributed by atoms with Crippen molar-refractivity contribution in [1.82, 2.24) is 0 Å². The van der Waals surface area contributed by atoms with Gasteiger partial charge in [0.2, 0.25) is 0 Å². The number of ether oxygens (including phenoxy) is 4. The van der Waals surface area contributed by atoms with Gasteiger partial charge >= 0.3 is 0 Å². The number of carbonyl (C=O) groups is 1. The van der Waals surface area contributed by atoms with Crippen molar-refractivity contribution in [2.45, 2.75) is 24.7 Å². The number of benzene rings is 2. The fourth-order valence-corrected chi connectivity index (χ4v) is 4.22. The van der Waals surface area contributed by atoms with Crippen LogP contribution in [0.15, 0.2) is 36.4 Å². The maximum Gasteiger partial charge on any atom is 0.148 e. The summed E-state index contributed by atoms with van der Waals surface area (Å²) in [5, 5.41) is 0. The molecule has 0 N–H and O–H groups in total. The van der Waals surface area contributed by atoms with Gasteiger partial charge in [-0.25, -0.2) is 0 Å². The molecule has 0 aliphatic carbocycles. The molecule has 0 saturated heterocycles. The summed E-state index contributed by atoms with van der Waals surface area (Å²) in [7, 11) is 0. The minimum absolute atomic E-state index is 0.202. The number of ketones is 1. The summed E-state index contributed by atoms with van der Waals surface area (Å²) < 4.78 is 22.8. The Morgan fingerprint density at radius 3 is 1.73 bits per heavy atom. The van der Waals surface area contributed by atoms with Gasteiger partial charge in [-0.2, -0.15) is 0 Å². The van der Waals surface area contributed by atoms with Gasteiger partial charge in [-0.15, -0.1) is 23.2 Å². The molecular formula is C23H24Cl2O5. The average molecular weight is 451 g/mol. The van der Waals surface area contributed by atoms with Gasteiger partial charge in [0.1, 0.15) is 42.0 Å². The van der Waals surface area contributed by atoms with Crippen molar-refractivity contribution in [3.63, 3.8) is 0 Å². The lowest BCUT2D eigenvalue weighted by Gasteiger charge is -2.31. The van der Waals surface area contributed by atoms with E-state index in [9.17, 15) is 4.79 Å². The number of halogens is 2. The molecule has 2 heterocycles. The molecule has 0 bridgehead atoms. The normalized spacial score (nSPS) is 19.7. The second kappa shape index (κ2) is 9.80. The summed E-state index contributed by atoms with van der Waals surface area (Å²) in [6.07, 6.45) is 1.33. The number of rotatable bonds is 8. The molecule has 4 rings (SSSR count). The Morgan fingerprint density at radius 1 is 0.833 bits per heavy atom. The quantitative estimate of drug-likeness (QED) is 0.534. The highest BCUT2D eigenvalue weighted by atomic mass is 35.5. The summed E-state index contributed by atoms with van der Waals surface area (Å²) >= 11 is 11.4.